The molecular weight excluding hydrogens is 550 g/mol. The molecule has 1 fully saturated rings. The molecule has 4 nitrogen and oxygen atoms in total. The topological polar surface area (TPSA) is 44.8 Å². The molecule has 0 amide bonds. The molecule has 0 bridgehead atoms. The van der Waals surface area contributed by atoms with Crippen LogP contribution in [0.1, 0.15) is 85.7 Å². The maximum absolute atomic E-state index is 15.1. The van der Waals surface area contributed by atoms with E-state index in [0.29, 0.717) is 32.1 Å². The van der Waals surface area contributed by atoms with Gasteiger partial charge in [0.25, 0.3) is 0 Å². The Bertz CT molecular complexity index is 1400. The average Bonchev–Trinajstić information content (AvgIpc) is 2.96. The zero-order chi connectivity index (χ0) is 29.7. The van der Waals surface area contributed by atoms with Gasteiger partial charge in [-0.15, -0.1) is 0 Å². The summed E-state index contributed by atoms with van der Waals surface area (Å²) in [6.07, 6.45) is 2.98. The van der Waals surface area contributed by atoms with Crippen LogP contribution in [0.15, 0.2) is 36.4 Å². The highest BCUT2D eigenvalue weighted by molar-refractivity contribution is 5.91. The molecule has 0 radical (unpaired) electrons. The van der Waals surface area contributed by atoms with Crippen molar-refractivity contribution in [2.45, 2.75) is 64.2 Å². The minimum atomic E-state index is -1.53. The first-order chi connectivity index (χ1) is 19.7. The van der Waals surface area contributed by atoms with Crippen LogP contribution < -0.4 is 14.2 Å². The Morgan fingerprint density at radius 2 is 1.15 bits per heavy atom. The van der Waals surface area contributed by atoms with E-state index < -0.39 is 58.1 Å². The summed E-state index contributed by atoms with van der Waals surface area (Å²) in [7, 11) is 0. The molecular formula is C31H30F6O4. The number of hydrogen-bond acceptors (Lipinski definition) is 4. The van der Waals surface area contributed by atoms with Crippen LogP contribution in [0.3, 0.4) is 0 Å². The summed E-state index contributed by atoms with van der Waals surface area (Å²) in [5.74, 6) is -11.1. The maximum atomic E-state index is 15.1. The highest BCUT2D eigenvalue weighted by Crippen LogP contribution is 2.43. The molecule has 0 atom stereocenters. The second-order valence-corrected chi connectivity index (χ2v) is 9.87. The molecule has 41 heavy (non-hydrogen) atoms. The third-order valence-corrected chi connectivity index (χ3v) is 7.29. The Balaban J connectivity index is 1.43. The normalized spacial score (nSPS) is 16.9. The van der Waals surface area contributed by atoms with Crippen molar-refractivity contribution in [1.82, 2.24) is 0 Å². The first kappa shape index (κ1) is 30.3. The smallest absolute Gasteiger partial charge is 0.346 e. The largest absolute Gasteiger partial charge is 0.491 e. The van der Waals surface area contributed by atoms with Gasteiger partial charge >= 0.3 is 5.97 Å². The number of hydrogen-bond donors (Lipinski definition) is 0. The van der Waals surface area contributed by atoms with Crippen LogP contribution in [0, 0.1) is 34.9 Å². The van der Waals surface area contributed by atoms with E-state index in [-0.39, 0.29) is 41.8 Å². The molecule has 4 rings (SSSR count). The van der Waals surface area contributed by atoms with Crippen molar-refractivity contribution in [3.05, 3.63) is 88.0 Å². The number of unbranched alkanes of at least 4 members (excludes halogenated alkanes) is 1. The van der Waals surface area contributed by atoms with Crippen molar-refractivity contribution in [1.29, 1.82) is 0 Å². The molecule has 0 N–H and O–H groups in total. The molecule has 0 unspecified atom stereocenters. The summed E-state index contributed by atoms with van der Waals surface area (Å²) >= 11 is 0. The molecule has 0 aliphatic heterocycles. The van der Waals surface area contributed by atoms with Gasteiger partial charge in [0.15, 0.2) is 34.7 Å². The van der Waals surface area contributed by atoms with E-state index in [9.17, 15) is 26.7 Å². The van der Waals surface area contributed by atoms with Crippen molar-refractivity contribution in [2.75, 3.05) is 13.2 Å². The highest BCUT2D eigenvalue weighted by atomic mass is 19.2. The predicted molar refractivity (Wildman–Crippen MR) is 140 cm³/mol. The SMILES string of the molecule is CCCCOc1ccc(C(=O)Oc2ccc(C3CCC(c4ccc(OCC)c(F)c4F)CC3)c(F)c2F)c(F)c1F. The van der Waals surface area contributed by atoms with Crippen LogP contribution >= 0.6 is 0 Å². The first-order valence-corrected chi connectivity index (χ1v) is 13.6. The molecule has 1 aliphatic rings. The monoisotopic (exact) mass is 580 g/mol. The van der Waals surface area contributed by atoms with Gasteiger partial charge in [-0.25, -0.2) is 18.0 Å². The van der Waals surface area contributed by atoms with E-state index >= 15 is 4.39 Å². The van der Waals surface area contributed by atoms with E-state index in [2.05, 4.69) is 0 Å². The van der Waals surface area contributed by atoms with E-state index in [1.54, 1.807) is 6.92 Å². The number of benzene rings is 3. The number of ether oxygens (including phenoxy) is 3. The molecule has 0 spiro atoms. The fourth-order valence-corrected chi connectivity index (χ4v) is 5.07. The number of halogens is 6. The zero-order valence-electron chi connectivity index (χ0n) is 22.7. The Morgan fingerprint density at radius 3 is 1.71 bits per heavy atom. The summed E-state index contributed by atoms with van der Waals surface area (Å²) < 4.78 is 103. The lowest BCUT2D eigenvalue weighted by molar-refractivity contribution is 0.0720. The summed E-state index contributed by atoms with van der Waals surface area (Å²) in [5, 5.41) is 0. The molecule has 0 aromatic heterocycles. The summed E-state index contributed by atoms with van der Waals surface area (Å²) in [6.45, 7) is 3.91. The minimum Gasteiger partial charge on any atom is -0.491 e. The van der Waals surface area contributed by atoms with Gasteiger partial charge < -0.3 is 14.2 Å². The summed E-state index contributed by atoms with van der Waals surface area (Å²) in [5.41, 5.74) is -0.544. The van der Waals surface area contributed by atoms with E-state index in [0.717, 1.165) is 24.6 Å². The average molecular weight is 581 g/mol. The van der Waals surface area contributed by atoms with Gasteiger partial charge in [0.2, 0.25) is 17.5 Å². The summed E-state index contributed by atoms with van der Waals surface area (Å²) in [6, 6.07) is 7.20. The Morgan fingerprint density at radius 1 is 0.659 bits per heavy atom. The minimum absolute atomic E-state index is 0.0462. The maximum Gasteiger partial charge on any atom is 0.346 e. The molecule has 1 aliphatic carbocycles. The first-order valence-electron chi connectivity index (χ1n) is 13.6. The van der Waals surface area contributed by atoms with Crippen molar-refractivity contribution in [3.63, 3.8) is 0 Å². The number of carbonyl (C=O) groups is 1. The Hall–Kier alpha value is -3.69. The van der Waals surface area contributed by atoms with Gasteiger partial charge in [0.05, 0.1) is 18.8 Å². The molecule has 10 heteroatoms. The van der Waals surface area contributed by atoms with Crippen LogP contribution in [0.4, 0.5) is 26.3 Å². The van der Waals surface area contributed by atoms with Gasteiger partial charge in [-0.05, 0) is 86.3 Å². The van der Waals surface area contributed by atoms with Gasteiger partial charge in [-0.2, -0.15) is 13.2 Å². The van der Waals surface area contributed by atoms with Crippen molar-refractivity contribution in [2.24, 2.45) is 0 Å². The number of esters is 1. The van der Waals surface area contributed by atoms with Crippen LogP contribution in [0.25, 0.3) is 0 Å². The Labute approximate surface area is 234 Å². The van der Waals surface area contributed by atoms with Gasteiger partial charge in [0.1, 0.15) is 0 Å². The van der Waals surface area contributed by atoms with Crippen molar-refractivity contribution < 1.29 is 45.3 Å². The third kappa shape index (κ3) is 6.47. The Kier molecular flexibility index (Phi) is 9.83. The highest BCUT2D eigenvalue weighted by Gasteiger charge is 2.30. The van der Waals surface area contributed by atoms with Crippen molar-refractivity contribution in [3.8, 4) is 17.2 Å². The van der Waals surface area contributed by atoms with Gasteiger partial charge in [-0.3, -0.25) is 0 Å². The fourth-order valence-electron chi connectivity index (χ4n) is 5.07. The lowest BCUT2D eigenvalue weighted by Crippen LogP contribution is -2.16. The molecule has 0 saturated heterocycles. The van der Waals surface area contributed by atoms with Gasteiger partial charge in [0, 0.05) is 0 Å². The second kappa shape index (κ2) is 13.3. The standard InChI is InChI=1S/C31H30F6O4/c1-3-5-16-40-23-14-12-21(27(34)29(23)36)31(38)41-24-15-11-20(26(33)30(24)37)18-8-6-17(7-9-18)19-10-13-22(39-4-2)28(35)25(19)32/h10-15,17-18H,3-9,16H2,1-2H3. The number of carbonyl (C=O) groups excluding carboxylic acids is 1. The van der Waals surface area contributed by atoms with Crippen LogP contribution in [0.2, 0.25) is 0 Å². The molecule has 0 heterocycles. The molecule has 220 valence electrons. The predicted octanol–water partition coefficient (Wildman–Crippen LogP) is 8.76. The van der Waals surface area contributed by atoms with Crippen LogP contribution in [-0.2, 0) is 0 Å². The number of rotatable bonds is 10. The van der Waals surface area contributed by atoms with Gasteiger partial charge in [-0.1, -0.05) is 25.5 Å². The van der Waals surface area contributed by atoms with E-state index in [1.807, 2.05) is 6.92 Å². The molecule has 3 aromatic rings. The second-order valence-electron chi connectivity index (χ2n) is 9.87. The lowest BCUT2D eigenvalue weighted by Gasteiger charge is -2.30. The zero-order valence-corrected chi connectivity index (χ0v) is 22.7. The summed E-state index contributed by atoms with van der Waals surface area (Å²) in [4.78, 5) is 12.5. The lowest BCUT2D eigenvalue weighted by atomic mass is 9.76. The quantitative estimate of drug-likeness (QED) is 0.104. The van der Waals surface area contributed by atoms with Crippen molar-refractivity contribution >= 4 is 5.97 Å². The van der Waals surface area contributed by atoms with E-state index in [1.165, 1.54) is 18.2 Å². The molecule has 1 saturated carbocycles. The fraction of sp³-hybridized carbons (Fsp3) is 0.387. The van der Waals surface area contributed by atoms with Crippen LogP contribution in [0.5, 0.6) is 17.2 Å². The molecule has 3 aromatic carbocycles. The third-order valence-electron chi connectivity index (χ3n) is 7.29. The van der Waals surface area contributed by atoms with E-state index in [4.69, 9.17) is 14.2 Å². The van der Waals surface area contributed by atoms with Crippen LogP contribution in [-0.4, -0.2) is 19.2 Å².